The largest absolute Gasteiger partial charge is 0.491 e. The van der Waals surface area contributed by atoms with Crippen LogP contribution in [0.4, 0.5) is 5.69 Å². The lowest BCUT2D eigenvalue weighted by Crippen LogP contribution is -2.14. The van der Waals surface area contributed by atoms with E-state index in [1.165, 1.54) is 10.7 Å². The molecule has 0 aliphatic carbocycles. The Morgan fingerprint density at radius 1 is 1.11 bits per heavy atom. The number of tetrazole rings is 1. The molecule has 0 unspecified atom stereocenters. The fourth-order valence-corrected chi connectivity index (χ4v) is 3.71. The number of nitrogens with zero attached hydrogens (tertiary/aromatic N) is 4. The minimum absolute atomic E-state index is 0.146. The van der Waals surface area contributed by atoms with E-state index in [2.05, 4.69) is 20.2 Å². The van der Waals surface area contributed by atoms with Crippen molar-refractivity contribution in [1.82, 2.24) is 20.2 Å². The monoisotopic (exact) mass is 403 g/mol. The van der Waals surface area contributed by atoms with Crippen molar-refractivity contribution in [2.75, 3.05) is 25.0 Å². The highest BCUT2D eigenvalue weighted by Crippen LogP contribution is 2.24. The van der Waals surface area contributed by atoms with Crippen molar-refractivity contribution in [1.29, 1.82) is 0 Å². The molecule has 0 bridgehead atoms. The van der Waals surface area contributed by atoms with Crippen LogP contribution in [0.15, 0.2) is 47.4 Å². The van der Waals surface area contributed by atoms with Crippen molar-refractivity contribution in [3.05, 3.63) is 53.9 Å². The van der Waals surface area contributed by atoms with E-state index in [4.69, 9.17) is 9.47 Å². The van der Waals surface area contributed by atoms with Crippen LogP contribution in [0.5, 0.6) is 5.75 Å². The number of anilines is 1. The molecule has 0 fully saturated rings. The maximum atomic E-state index is 12.8. The molecule has 0 aliphatic rings. The topological polar surface area (TPSA) is 108 Å². The highest BCUT2D eigenvalue weighted by Gasteiger charge is 2.16. The lowest BCUT2D eigenvalue weighted by molar-refractivity contribution is 0.146. The zero-order valence-electron chi connectivity index (χ0n) is 15.8. The first-order valence-electron chi connectivity index (χ1n) is 8.51. The Hall–Kier alpha value is -2.98. The molecule has 148 valence electrons. The number of aryl methyl sites for hydroxylation is 2. The number of hydrogen-bond donors (Lipinski definition) is 1. The number of aromatic nitrogens is 4. The Balaban J connectivity index is 1.80. The minimum atomic E-state index is -3.76. The van der Waals surface area contributed by atoms with Gasteiger partial charge in [-0.05, 0) is 66.2 Å². The van der Waals surface area contributed by atoms with Crippen molar-refractivity contribution >= 4 is 15.7 Å². The quantitative estimate of drug-likeness (QED) is 0.574. The van der Waals surface area contributed by atoms with Crippen LogP contribution >= 0.6 is 0 Å². The molecule has 0 radical (unpaired) electrons. The summed E-state index contributed by atoms with van der Waals surface area (Å²) in [5.41, 5.74) is 1.78. The van der Waals surface area contributed by atoms with Gasteiger partial charge in [-0.1, -0.05) is 6.07 Å². The SMILES string of the molecule is COCCOc1ccc(S(=O)(=O)Nc2cccc(-n3nnnc3C)c2)cc1C. The van der Waals surface area contributed by atoms with Crippen LogP contribution in [0.3, 0.4) is 0 Å². The number of rotatable bonds is 8. The standard InChI is InChI=1S/C18H21N5O4S/c1-13-11-17(7-8-18(13)27-10-9-26-3)28(24,25)20-15-5-4-6-16(12-15)23-14(2)19-21-22-23/h4-8,11-12,20H,9-10H2,1-3H3. The van der Waals surface area contributed by atoms with Crippen LogP contribution in [0.1, 0.15) is 11.4 Å². The molecule has 10 heteroatoms. The molecule has 1 aromatic heterocycles. The maximum Gasteiger partial charge on any atom is 0.261 e. The van der Waals surface area contributed by atoms with Gasteiger partial charge >= 0.3 is 0 Å². The second kappa shape index (κ2) is 8.36. The first kappa shape index (κ1) is 19.8. The lowest BCUT2D eigenvalue weighted by Gasteiger charge is -2.12. The van der Waals surface area contributed by atoms with E-state index in [0.29, 0.717) is 36.2 Å². The third-order valence-corrected chi connectivity index (χ3v) is 5.35. The predicted octanol–water partition coefficient (Wildman–Crippen LogP) is 2.11. The van der Waals surface area contributed by atoms with E-state index < -0.39 is 10.0 Å². The Morgan fingerprint density at radius 2 is 1.93 bits per heavy atom. The molecule has 0 saturated heterocycles. The van der Waals surface area contributed by atoms with Gasteiger partial charge in [0.2, 0.25) is 0 Å². The summed E-state index contributed by atoms with van der Waals surface area (Å²) in [5.74, 6) is 1.21. The lowest BCUT2D eigenvalue weighted by atomic mass is 10.2. The summed E-state index contributed by atoms with van der Waals surface area (Å²) >= 11 is 0. The molecule has 1 N–H and O–H groups in total. The summed E-state index contributed by atoms with van der Waals surface area (Å²) in [4.78, 5) is 0.146. The third-order valence-electron chi connectivity index (χ3n) is 3.97. The van der Waals surface area contributed by atoms with Crippen LogP contribution in [-0.4, -0.2) is 48.9 Å². The highest BCUT2D eigenvalue weighted by molar-refractivity contribution is 7.92. The van der Waals surface area contributed by atoms with Gasteiger partial charge in [0.1, 0.15) is 12.4 Å². The van der Waals surface area contributed by atoms with Gasteiger partial charge in [0.25, 0.3) is 10.0 Å². The van der Waals surface area contributed by atoms with Crippen LogP contribution < -0.4 is 9.46 Å². The van der Waals surface area contributed by atoms with E-state index in [1.807, 2.05) is 0 Å². The Bertz CT molecular complexity index is 1070. The summed E-state index contributed by atoms with van der Waals surface area (Å²) in [6.07, 6.45) is 0. The van der Waals surface area contributed by atoms with Gasteiger partial charge in [-0.25, -0.2) is 8.42 Å². The van der Waals surface area contributed by atoms with Gasteiger partial charge in [0.15, 0.2) is 5.82 Å². The maximum absolute atomic E-state index is 12.8. The van der Waals surface area contributed by atoms with Crippen LogP contribution in [0.2, 0.25) is 0 Å². The minimum Gasteiger partial charge on any atom is -0.491 e. The molecule has 28 heavy (non-hydrogen) atoms. The molecule has 2 aromatic carbocycles. The molecule has 9 nitrogen and oxygen atoms in total. The van der Waals surface area contributed by atoms with Gasteiger partial charge in [-0.15, -0.1) is 5.10 Å². The molecule has 0 saturated carbocycles. The van der Waals surface area contributed by atoms with Crippen molar-refractivity contribution in [3.8, 4) is 11.4 Å². The first-order valence-corrected chi connectivity index (χ1v) is 9.99. The molecule has 0 amide bonds. The average Bonchev–Trinajstić information content (AvgIpc) is 3.09. The number of ether oxygens (including phenoxy) is 2. The first-order chi connectivity index (χ1) is 13.4. The summed E-state index contributed by atoms with van der Waals surface area (Å²) in [6, 6.07) is 11.6. The Morgan fingerprint density at radius 3 is 2.61 bits per heavy atom. The van der Waals surface area contributed by atoms with Crippen LogP contribution in [-0.2, 0) is 14.8 Å². The average molecular weight is 403 g/mol. The summed E-state index contributed by atoms with van der Waals surface area (Å²) in [7, 11) is -2.17. The molecule has 0 spiro atoms. The second-order valence-corrected chi connectivity index (χ2v) is 7.74. The van der Waals surface area contributed by atoms with Crippen molar-refractivity contribution in [3.63, 3.8) is 0 Å². The number of benzene rings is 2. The van der Waals surface area contributed by atoms with E-state index in [9.17, 15) is 8.42 Å². The fraction of sp³-hybridized carbons (Fsp3) is 0.278. The fourth-order valence-electron chi connectivity index (χ4n) is 2.57. The zero-order valence-corrected chi connectivity index (χ0v) is 16.6. The van der Waals surface area contributed by atoms with Crippen molar-refractivity contribution in [2.24, 2.45) is 0 Å². The van der Waals surface area contributed by atoms with E-state index in [1.54, 1.807) is 57.4 Å². The van der Waals surface area contributed by atoms with Gasteiger partial charge in [-0.3, -0.25) is 4.72 Å². The molecule has 1 heterocycles. The molecular weight excluding hydrogens is 382 g/mol. The number of hydrogen-bond acceptors (Lipinski definition) is 7. The zero-order chi connectivity index (χ0) is 20.1. The molecule has 0 atom stereocenters. The molecule has 3 aromatic rings. The molecular formula is C18H21N5O4S. The number of sulfonamides is 1. The normalized spacial score (nSPS) is 11.4. The van der Waals surface area contributed by atoms with Crippen LogP contribution in [0.25, 0.3) is 5.69 Å². The second-order valence-electron chi connectivity index (χ2n) is 6.06. The smallest absolute Gasteiger partial charge is 0.261 e. The Labute approximate surface area is 163 Å². The molecule has 0 aliphatic heterocycles. The van der Waals surface area contributed by atoms with E-state index in [0.717, 1.165) is 5.56 Å². The number of methoxy groups -OCH3 is 1. The summed E-state index contributed by atoms with van der Waals surface area (Å²) in [6.45, 7) is 4.40. The van der Waals surface area contributed by atoms with Gasteiger partial charge in [0.05, 0.1) is 22.9 Å². The third kappa shape index (κ3) is 4.46. The van der Waals surface area contributed by atoms with E-state index in [-0.39, 0.29) is 4.90 Å². The van der Waals surface area contributed by atoms with E-state index >= 15 is 0 Å². The summed E-state index contributed by atoms with van der Waals surface area (Å²) in [5, 5.41) is 11.3. The van der Waals surface area contributed by atoms with Gasteiger partial charge in [-0.2, -0.15) is 4.68 Å². The van der Waals surface area contributed by atoms with Crippen molar-refractivity contribution in [2.45, 2.75) is 18.7 Å². The number of nitrogens with one attached hydrogen (secondary N) is 1. The predicted molar refractivity (Wildman–Crippen MR) is 103 cm³/mol. The van der Waals surface area contributed by atoms with Gasteiger partial charge < -0.3 is 9.47 Å². The van der Waals surface area contributed by atoms with Gasteiger partial charge in [0, 0.05) is 7.11 Å². The highest BCUT2D eigenvalue weighted by atomic mass is 32.2. The van der Waals surface area contributed by atoms with Crippen LogP contribution in [0, 0.1) is 13.8 Å². The Kier molecular flexibility index (Phi) is 5.90. The van der Waals surface area contributed by atoms with Crippen molar-refractivity contribution < 1.29 is 17.9 Å². The summed E-state index contributed by atoms with van der Waals surface area (Å²) < 4.78 is 40.2. The molecule has 3 rings (SSSR count).